The number of nitrogens with one attached hydrogen (secondary N) is 1. The summed E-state index contributed by atoms with van der Waals surface area (Å²) in [5.74, 6) is 1.19. The summed E-state index contributed by atoms with van der Waals surface area (Å²) < 4.78 is 11.2. The van der Waals surface area contributed by atoms with E-state index in [1.807, 2.05) is 37.3 Å². The summed E-state index contributed by atoms with van der Waals surface area (Å²) in [5.41, 5.74) is 1.33. The molecule has 5 nitrogen and oxygen atoms in total. The number of carbonyl (C=O) groups is 1. The highest BCUT2D eigenvalue weighted by Crippen LogP contribution is 2.26. The van der Waals surface area contributed by atoms with Crippen LogP contribution in [0.1, 0.15) is 25.3 Å². The average molecular weight is 368 g/mol. The van der Waals surface area contributed by atoms with Crippen LogP contribution in [0.2, 0.25) is 0 Å². The van der Waals surface area contributed by atoms with E-state index in [2.05, 4.69) is 34.5 Å². The van der Waals surface area contributed by atoms with Gasteiger partial charge in [-0.1, -0.05) is 42.5 Å². The molecule has 144 valence electrons. The maximum absolute atomic E-state index is 12.2. The Labute approximate surface area is 161 Å². The first-order chi connectivity index (χ1) is 13.2. The summed E-state index contributed by atoms with van der Waals surface area (Å²) >= 11 is 0. The van der Waals surface area contributed by atoms with Gasteiger partial charge in [0, 0.05) is 25.7 Å². The van der Waals surface area contributed by atoms with Gasteiger partial charge < -0.3 is 14.8 Å². The van der Waals surface area contributed by atoms with Crippen LogP contribution in [-0.2, 0) is 11.3 Å². The van der Waals surface area contributed by atoms with Gasteiger partial charge in [-0.05, 0) is 37.5 Å². The topological polar surface area (TPSA) is 50.8 Å². The fourth-order valence-electron chi connectivity index (χ4n) is 3.33. The first kappa shape index (κ1) is 19.2. The Morgan fingerprint density at radius 3 is 2.30 bits per heavy atom. The molecule has 2 aromatic carbocycles. The van der Waals surface area contributed by atoms with Gasteiger partial charge in [-0.25, -0.2) is 0 Å². The van der Waals surface area contributed by atoms with Crippen LogP contribution in [0, 0.1) is 0 Å². The van der Waals surface area contributed by atoms with E-state index >= 15 is 0 Å². The van der Waals surface area contributed by atoms with Crippen LogP contribution < -0.4 is 14.8 Å². The number of rotatable bonds is 8. The second kappa shape index (κ2) is 9.97. The molecule has 0 spiro atoms. The lowest BCUT2D eigenvalue weighted by Crippen LogP contribution is -2.45. The molecule has 1 fully saturated rings. The van der Waals surface area contributed by atoms with E-state index in [0.29, 0.717) is 18.1 Å². The number of amides is 1. The fourth-order valence-corrected chi connectivity index (χ4v) is 3.33. The Kier molecular flexibility index (Phi) is 7.11. The molecule has 1 aliphatic rings. The van der Waals surface area contributed by atoms with E-state index < -0.39 is 0 Å². The van der Waals surface area contributed by atoms with Crippen LogP contribution in [0.15, 0.2) is 54.6 Å². The lowest BCUT2D eigenvalue weighted by atomic mass is 10.0. The minimum Gasteiger partial charge on any atom is -0.490 e. The van der Waals surface area contributed by atoms with Crippen LogP contribution in [0.25, 0.3) is 0 Å². The lowest BCUT2D eigenvalue weighted by Gasteiger charge is -2.32. The molecule has 1 heterocycles. The molecule has 2 aromatic rings. The molecule has 0 bridgehead atoms. The Morgan fingerprint density at radius 1 is 1.00 bits per heavy atom. The molecule has 0 aromatic heterocycles. The minimum atomic E-state index is -0.0807. The van der Waals surface area contributed by atoms with Gasteiger partial charge in [-0.3, -0.25) is 9.69 Å². The van der Waals surface area contributed by atoms with Crippen molar-refractivity contribution in [2.75, 3.05) is 26.3 Å². The Morgan fingerprint density at radius 2 is 1.63 bits per heavy atom. The summed E-state index contributed by atoms with van der Waals surface area (Å²) in [7, 11) is 0. The Bertz CT molecular complexity index is 713. The highest BCUT2D eigenvalue weighted by Gasteiger charge is 2.21. The van der Waals surface area contributed by atoms with Crippen molar-refractivity contribution in [2.24, 2.45) is 0 Å². The van der Waals surface area contributed by atoms with E-state index in [9.17, 15) is 4.79 Å². The molecule has 5 heteroatoms. The number of para-hydroxylation sites is 2. The van der Waals surface area contributed by atoms with Crippen LogP contribution in [-0.4, -0.2) is 43.2 Å². The highest BCUT2D eigenvalue weighted by molar-refractivity contribution is 5.78. The molecule has 0 radical (unpaired) electrons. The molecule has 0 aliphatic carbocycles. The zero-order valence-corrected chi connectivity index (χ0v) is 15.9. The predicted octanol–water partition coefficient (Wildman–Crippen LogP) is 3.24. The summed E-state index contributed by atoms with van der Waals surface area (Å²) in [6.45, 7) is 5.46. The third-order valence-corrected chi connectivity index (χ3v) is 4.71. The van der Waals surface area contributed by atoms with Crippen molar-refractivity contribution in [1.29, 1.82) is 0 Å². The van der Waals surface area contributed by atoms with E-state index in [0.717, 1.165) is 32.5 Å². The summed E-state index contributed by atoms with van der Waals surface area (Å²) in [4.78, 5) is 14.7. The monoisotopic (exact) mass is 368 g/mol. The van der Waals surface area contributed by atoms with Crippen molar-refractivity contribution in [3.05, 3.63) is 60.2 Å². The molecule has 1 amide bonds. The van der Waals surface area contributed by atoms with Crippen LogP contribution in [0.3, 0.4) is 0 Å². The van der Waals surface area contributed by atoms with Crippen molar-refractivity contribution in [3.63, 3.8) is 0 Å². The van der Waals surface area contributed by atoms with Gasteiger partial charge in [0.2, 0.25) is 0 Å². The predicted molar refractivity (Wildman–Crippen MR) is 106 cm³/mol. The molecule has 0 unspecified atom stereocenters. The first-order valence-corrected chi connectivity index (χ1v) is 9.65. The smallest absolute Gasteiger partial charge is 0.258 e. The van der Waals surface area contributed by atoms with Gasteiger partial charge >= 0.3 is 0 Å². The SMILES string of the molecule is CCOc1ccccc1OCC(=O)NC1CCN(Cc2ccccc2)CC1. The Balaban J connectivity index is 1.39. The molecule has 3 rings (SSSR count). The number of piperidine rings is 1. The summed E-state index contributed by atoms with van der Waals surface area (Å²) in [6, 6.07) is 18.2. The molecule has 0 saturated carbocycles. The van der Waals surface area contributed by atoms with Gasteiger partial charge in [0.25, 0.3) is 5.91 Å². The van der Waals surface area contributed by atoms with Crippen molar-refractivity contribution < 1.29 is 14.3 Å². The van der Waals surface area contributed by atoms with Crippen LogP contribution >= 0.6 is 0 Å². The second-order valence-electron chi connectivity index (χ2n) is 6.77. The van der Waals surface area contributed by atoms with E-state index in [1.54, 1.807) is 0 Å². The summed E-state index contributed by atoms with van der Waals surface area (Å²) in [6.07, 6.45) is 1.93. The molecular weight excluding hydrogens is 340 g/mol. The van der Waals surface area contributed by atoms with Crippen LogP contribution in [0.5, 0.6) is 11.5 Å². The standard InChI is InChI=1S/C22H28N2O3/c1-2-26-20-10-6-7-11-21(20)27-17-22(25)23-19-12-14-24(15-13-19)16-18-8-4-3-5-9-18/h3-11,19H,2,12-17H2,1H3,(H,23,25). The van der Waals surface area contributed by atoms with E-state index in [4.69, 9.17) is 9.47 Å². The van der Waals surface area contributed by atoms with Gasteiger partial charge in [0.05, 0.1) is 6.61 Å². The van der Waals surface area contributed by atoms with Gasteiger partial charge in [-0.15, -0.1) is 0 Å². The summed E-state index contributed by atoms with van der Waals surface area (Å²) in [5, 5.41) is 3.09. The number of benzene rings is 2. The highest BCUT2D eigenvalue weighted by atomic mass is 16.5. The number of likely N-dealkylation sites (tertiary alicyclic amines) is 1. The van der Waals surface area contributed by atoms with Gasteiger partial charge in [0.1, 0.15) is 0 Å². The maximum atomic E-state index is 12.2. The zero-order chi connectivity index (χ0) is 18.9. The molecule has 1 N–H and O–H groups in total. The van der Waals surface area contributed by atoms with Crippen molar-refractivity contribution in [2.45, 2.75) is 32.4 Å². The molecule has 27 heavy (non-hydrogen) atoms. The van der Waals surface area contributed by atoms with E-state index in [1.165, 1.54) is 5.56 Å². The lowest BCUT2D eigenvalue weighted by molar-refractivity contribution is -0.124. The third kappa shape index (κ3) is 6.00. The zero-order valence-electron chi connectivity index (χ0n) is 15.9. The first-order valence-electron chi connectivity index (χ1n) is 9.65. The van der Waals surface area contributed by atoms with Crippen LogP contribution in [0.4, 0.5) is 0 Å². The average Bonchev–Trinajstić information content (AvgIpc) is 2.70. The number of carbonyl (C=O) groups excluding carboxylic acids is 1. The third-order valence-electron chi connectivity index (χ3n) is 4.71. The quantitative estimate of drug-likeness (QED) is 0.777. The molecular formula is C22H28N2O3. The van der Waals surface area contributed by atoms with Crippen molar-refractivity contribution in [1.82, 2.24) is 10.2 Å². The molecule has 1 aliphatic heterocycles. The fraction of sp³-hybridized carbons (Fsp3) is 0.409. The van der Waals surface area contributed by atoms with Crippen molar-refractivity contribution >= 4 is 5.91 Å². The Hall–Kier alpha value is -2.53. The molecule has 1 saturated heterocycles. The largest absolute Gasteiger partial charge is 0.490 e. The number of ether oxygens (including phenoxy) is 2. The van der Waals surface area contributed by atoms with Gasteiger partial charge in [-0.2, -0.15) is 0 Å². The van der Waals surface area contributed by atoms with E-state index in [-0.39, 0.29) is 18.6 Å². The number of hydrogen-bond donors (Lipinski definition) is 1. The normalized spacial score (nSPS) is 15.3. The second-order valence-corrected chi connectivity index (χ2v) is 6.77. The minimum absolute atomic E-state index is 0.00825. The maximum Gasteiger partial charge on any atom is 0.258 e. The van der Waals surface area contributed by atoms with Gasteiger partial charge in [0.15, 0.2) is 18.1 Å². The number of hydrogen-bond acceptors (Lipinski definition) is 4. The molecule has 0 atom stereocenters. The van der Waals surface area contributed by atoms with Crippen molar-refractivity contribution in [3.8, 4) is 11.5 Å². The number of nitrogens with zero attached hydrogens (tertiary/aromatic N) is 1.